The number of ether oxygens (including phenoxy) is 2. The van der Waals surface area contributed by atoms with Gasteiger partial charge in [-0.05, 0) is 44.4 Å². The Hall–Kier alpha value is -1.06. The molecule has 0 aliphatic carbocycles. The van der Waals surface area contributed by atoms with Crippen LogP contribution in [0.15, 0.2) is 18.2 Å². The van der Waals surface area contributed by atoms with Gasteiger partial charge in [-0.15, -0.1) is 0 Å². The second kappa shape index (κ2) is 10.7. The fourth-order valence-electron chi connectivity index (χ4n) is 2.32. The maximum absolute atomic E-state index is 5.41. The van der Waals surface area contributed by atoms with E-state index < -0.39 is 0 Å². The summed E-state index contributed by atoms with van der Waals surface area (Å²) >= 11 is 0. The molecule has 1 N–H and O–H groups in total. The van der Waals surface area contributed by atoms with E-state index in [1.54, 1.807) is 14.2 Å². The van der Waals surface area contributed by atoms with Crippen molar-refractivity contribution in [2.45, 2.75) is 39.0 Å². The van der Waals surface area contributed by atoms with Crippen LogP contribution in [0.3, 0.4) is 0 Å². The van der Waals surface area contributed by atoms with Crippen molar-refractivity contribution in [1.29, 1.82) is 0 Å². The van der Waals surface area contributed by atoms with Crippen LogP contribution in [0.2, 0.25) is 0 Å². The van der Waals surface area contributed by atoms with Gasteiger partial charge < -0.3 is 14.8 Å². The lowest BCUT2D eigenvalue weighted by Crippen LogP contribution is -2.20. The molecule has 1 aromatic carbocycles. The fraction of sp³-hybridized carbons (Fsp3) is 0.647. The second-order valence-corrected chi connectivity index (χ2v) is 5.22. The van der Waals surface area contributed by atoms with E-state index >= 15 is 0 Å². The third kappa shape index (κ3) is 6.92. The first-order valence-corrected chi connectivity index (χ1v) is 7.61. The van der Waals surface area contributed by atoms with E-state index in [1.807, 2.05) is 0 Å². The average Bonchev–Trinajstić information content (AvgIpc) is 2.46. The largest absolute Gasteiger partial charge is 0.496 e. The van der Waals surface area contributed by atoms with Crippen LogP contribution in [0.4, 0.5) is 0 Å². The highest BCUT2D eigenvalue weighted by molar-refractivity contribution is 5.36. The van der Waals surface area contributed by atoms with E-state index in [2.05, 4.69) is 30.4 Å². The molecule has 0 heterocycles. The maximum Gasteiger partial charge on any atom is 0.122 e. The first-order chi connectivity index (χ1) is 9.77. The summed E-state index contributed by atoms with van der Waals surface area (Å²) in [4.78, 5) is 0. The molecule has 0 aromatic heterocycles. The molecule has 3 heteroatoms. The van der Waals surface area contributed by atoms with E-state index in [0.717, 1.165) is 31.9 Å². The molecule has 1 rings (SSSR count). The third-order valence-electron chi connectivity index (χ3n) is 3.47. The number of hydrogen-bond donors (Lipinski definition) is 1. The minimum atomic E-state index is 0.799. The lowest BCUT2D eigenvalue weighted by molar-refractivity contribution is 0.199. The van der Waals surface area contributed by atoms with Gasteiger partial charge in [-0.1, -0.05) is 30.5 Å². The van der Waals surface area contributed by atoms with Crippen molar-refractivity contribution in [3.05, 3.63) is 29.3 Å². The molecular weight excluding hydrogens is 250 g/mol. The molecule has 0 saturated carbocycles. The minimum absolute atomic E-state index is 0.799. The summed E-state index contributed by atoms with van der Waals surface area (Å²) < 4.78 is 10.4. The zero-order valence-electron chi connectivity index (χ0n) is 13.2. The van der Waals surface area contributed by atoms with Crippen molar-refractivity contribution < 1.29 is 9.47 Å². The molecule has 0 radical (unpaired) electrons. The molecule has 0 saturated heterocycles. The molecule has 3 nitrogen and oxygen atoms in total. The van der Waals surface area contributed by atoms with Gasteiger partial charge in [-0.25, -0.2) is 0 Å². The quantitative estimate of drug-likeness (QED) is 0.630. The molecule has 114 valence electrons. The van der Waals surface area contributed by atoms with Crippen molar-refractivity contribution in [2.75, 3.05) is 33.9 Å². The average molecular weight is 279 g/mol. The van der Waals surface area contributed by atoms with Gasteiger partial charge in [0.2, 0.25) is 0 Å². The number of nitrogens with one attached hydrogen (secondary N) is 1. The zero-order valence-corrected chi connectivity index (χ0v) is 13.2. The molecule has 0 aliphatic heterocycles. The minimum Gasteiger partial charge on any atom is -0.496 e. The maximum atomic E-state index is 5.41. The van der Waals surface area contributed by atoms with Crippen molar-refractivity contribution >= 4 is 0 Å². The standard InChI is InChI=1S/C17H29NO2/c1-15-9-10-17(20-3)16(14-15)8-6-4-5-7-11-18-12-13-19-2/h9-10,14,18H,4-8,11-13H2,1-3H3. The Morgan fingerprint density at radius 2 is 1.80 bits per heavy atom. The van der Waals surface area contributed by atoms with E-state index in [0.29, 0.717) is 0 Å². The van der Waals surface area contributed by atoms with Crippen LogP contribution in [0.25, 0.3) is 0 Å². The van der Waals surface area contributed by atoms with Gasteiger partial charge in [-0.3, -0.25) is 0 Å². The van der Waals surface area contributed by atoms with Gasteiger partial charge >= 0.3 is 0 Å². The van der Waals surface area contributed by atoms with Gasteiger partial charge in [0.05, 0.1) is 13.7 Å². The normalized spacial score (nSPS) is 10.8. The summed E-state index contributed by atoms with van der Waals surface area (Å²) in [6, 6.07) is 6.42. The Kier molecular flexibility index (Phi) is 9.09. The van der Waals surface area contributed by atoms with Crippen LogP contribution < -0.4 is 10.1 Å². The summed E-state index contributed by atoms with van der Waals surface area (Å²) in [6.45, 7) is 4.98. The van der Waals surface area contributed by atoms with Gasteiger partial charge in [0, 0.05) is 13.7 Å². The summed E-state index contributed by atoms with van der Waals surface area (Å²) in [5, 5.41) is 3.38. The topological polar surface area (TPSA) is 30.5 Å². The van der Waals surface area contributed by atoms with Crippen molar-refractivity contribution in [3.63, 3.8) is 0 Å². The lowest BCUT2D eigenvalue weighted by Gasteiger charge is -2.09. The molecule has 0 spiro atoms. The molecule has 1 aromatic rings. The van der Waals surface area contributed by atoms with Gasteiger partial charge in [0.25, 0.3) is 0 Å². The Bertz CT molecular complexity index is 366. The number of aryl methyl sites for hydroxylation is 2. The monoisotopic (exact) mass is 279 g/mol. The summed E-state index contributed by atoms with van der Waals surface area (Å²) in [6.07, 6.45) is 6.16. The van der Waals surface area contributed by atoms with E-state index in [-0.39, 0.29) is 0 Å². The number of hydrogen-bond acceptors (Lipinski definition) is 3. The van der Waals surface area contributed by atoms with Crippen LogP contribution in [0.1, 0.15) is 36.8 Å². The van der Waals surface area contributed by atoms with E-state index in [4.69, 9.17) is 9.47 Å². The van der Waals surface area contributed by atoms with Crippen LogP contribution in [0, 0.1) is 6.92 Å². The smallest absolute Gasteiger partial charge is 0.122 e. The van der Waals surface area contributed by atoms with Gasteiger partial charge in [-0.2, -0.15) is 0 Å². The van der Waals surface area contributed by atoms with Crippen molar-refractivity contribution in [1.82, 2.24) is 5.32 Å². The summed E-state index contributed by atoms with van der Waals surface area (Å²) in [7, 11) is 3.49. The number of benzene rings is 1. The highest BCUT2D eigenvalue weighted by Crippen LogP contribution is 2.21. The molecule has 0 unspecified atom stereocenters. The predicted octanol–water partition coefficient (Wildman–Crippen LogP) is 3.34. The van der Waals surface area contributed by atoms with Crippen molar-refractivity contribution in [3.8, 4) is 5.75 Å². The molecule has 0 amide bonds. The molecule has 20 heavy (non-hydrogen) atoms. The summed E-state index contributed by atoms with van der Waals surface area (Å²) in [5.74, 6) is 1.02. The fourth-order valence-corrected chi connectivity index (χ4v) is 2.32. The predicted molar refractivity (Wildman–Crippen MR) is 84.6 cm³/mol. The van der Waals surface area contributed by atoms with Crippen LogP contribution in [-0.4, -0.2) is 33.9 Å². The van der Waals surface area contributed by atoms with Crippen molar-refractivity contribution in [2.24, 2.45) is 0 Å². The molecule has 0 bridgehead atoms. The molecular formula is C17H29NO2. The Labute approximate surface area is 123 Å². The second-order valence-electron chi connectivity index (χ2n) is 5.22. The van der Waals surface area contributed by atoms with Crippen LogP contribution in [0.5, 0.6) is 5.75 Å². The van der Waals surface area contributed by atoms with Gasteiger partial charge in [0.1, 0.15) is 5.75 Å². The SMILES string of the molecule is COCCNCCCCCCc1cc(C)ccc1OC. The molecule has 0 atom stereocenters. The Morgan fingerprint density at radius 1 is 1.00 bits per heavy atom. The van der Waals surface area contributed by atoms with E-state index in [9.17, 15) is 0 Å². The van der Waals surface area contributed by atoms with Crippen LogP contribution >= 0.6 is 0 Å². The van der Waals surface area contributed by atoms with E-state index in [1.165, 1.54) is 36.8 Å². The summed E-state index contributed by atoms with van der Waals surface area (Å²) in [5.41, 5.74) is 2.65. The number of rotatable bonds is 11. The number of unbranched alkanes of at least 4 members (excludes halogenated alkanes) is 3. The third-order valence-corrected chi connectivity index (χ3v) is 3.47. The molecule has 0 aliphatic rings. The Balaban J connectivity index is 2.10. The molecule has 0 fully saturated rings. The Morgan fingerprint density at radius 3 is 2.55 bits per heavy atom. The van der Waals surface area contributed by atoms with Gasteiger partial charge in [0.15, 0.2) is 0 Å². The van der Waals surface area contributed by atoms with Crippen LogP contribution in [-0.2, 0) is 11.2 Å². The highest BCUT2D eigenvalue weighted by atomic mass is 16.5. The number of methoxy groups -OCH3 is 2. The first-order valence-electron chi connectivity index (χ1n) is 7.61. The lowest BCUT2D eigenvalue weighted by atomic mass is 10.0. The first kappa shape index (κ1) is 17.0. The highest BCUT2D eigenvalue weighted by Gasteiger charge is 2.02. The zero-order chi connectivity index (χ0) is 14.6.